The fourth-order valence-corrected chi connectivity index (χ4v) is 3.94. The first-order valence-corrected chi connectivity index (χ1v) is 9.82. The molecule has 26 heavy (non-hydrogen) atoms. The number of nitrogens with zero attached hydrogens (tertiary/aromatic N) is 2. The maximum absolute atomic E-state index is 14.5. The Morgan fingerprint density at radius 1 is 1.19 bits per heavy atom. The van der Waals surface area contributed by atoms with Crippen LogP contribution in [-0.2, 0) is 9.95 Å². The van der Waals surface area contributed by atoms with E-state index in [1.807, 2.05) is 0 Å². The molecular weight excluding hydrogens is 390 g/mol. The molecule has 0 spiro atoms. The van der Waals surface area contributed by atoms with Crippen LogP contribution >= 0.6 is 18.9 Å². The van der Waals surface area contributed by atoms with Crippen molar-refractivity contribution < 1.29 is 22.3 Å². The van der Waals surface area contributed by atoms with Gasteiger partial charge in [0.15, 0.2) is 7.29 Å². The smallest absolute Gasteiger partial charge is 0.333 e. The number of hydrogen-bond acceptors (Lipinski definition) is 4. The molecule has 0 saturated heterocycles. The molecule has 0 aliphatic carbocycles. The molecule has 10 heteroatoms. The summed E-state index contributed by atoms with van der Waals surface area (Å²) in [5.74, 6) is -2.14. The second kappa shape index (κ2) is 6.78. The van der Waals surface area contributed by atoms with E-state index in [1.54, 1.807) is 30.3 Å². The molecule has 0 saturated carbocycles. The summed E-state index contributed by atoms with van der Waals surface area (Å²) < 4.78 is 57.6. The van der Waals surface area contributed by atoms with Crippen LogP contribution in [0.5, 0.6) is 0 Å². The number of alkyl halides is 3. The van der Waals surface area contributed by atoms with Crippen molar-refractivity contribution in [2.75, 3.05) is 11.8 Å². The Morgan fingerprint density at radius 3 is 2.46 bits per heavy atom. The summed E-state index contributed by atoms with van der Waals surface area (Å²) in [7, 11) is -3.27. The Morgan fingerprint density at radius 2 is 1.88 bits per heavy atom. The lowest BCUT2D eigenvalue weighted by Gasteiger charge is -2.17. The number of hydrogen-bond donors (Lipinski definition) is 1. The van der Waals surface area contributed by atoms with Crippen molar-refractivity contribution in [3.05, 3.63) is 60.2 Å². The number of halogens is 4. The van der Waals surface area contributed by atoms with Crippen molar-refractivity contribution in [2.45, 2.75) is 5.38 Å². The molecule has 1 atom stereocenters. The molecule has 1 unspecified atom stereocenters. The zero-order valence-electron chi connectivity index (χ0n) is 13.3. The van der Waals surface area contributed by atoms with E-state index in [1.165, 1.54) is 18.8 Å². The van der Waals surface area contributed by atoms with Crippen LogP contribution in [0.3, 0.4) is 0 Å². The summed E-state index contributed by atoms with van der Waals surface area (Å²) >= 11 is 4.80. The first-order chi connectivity index (χ1) is 12.2. The molecule has 0 amide bonds. The van der Waals surface area contributed by atoms with Crippen molar-refractivity contribution in [1.29, 1.82) is 0 Å². The highest BCUT2D eigenvalue weighted by Crippen LogP contribution is 2.41. The lowest BCUT2D eigenvalue weighted by atomic mass is 10.2. The van der Waals surface area contributed by atoms with Crippen molar-refractivity contribution in [2.24, 2.45) is 0 Å². The molecular formula is C16H12ClF3N3O2P. The maximum atomic E-state index is 14.5. The van der Waals surface area contributed by atoms with E-state index in [0.717, 1.165) is 6.07 Å². The summed E-state index contributed by atoms with van der Waals surface area (Å²) in [4.78, 5) is 3.44. The minimum atomic E-state index is -3.82. The topological polar surface area (TPSA) is 68.0 Å². The van der Waals surface area contributed by atoms with Gasteiger partial charge < -0.3 is 9.61 Å². The predicted molar refractivity (Wildman–Crippen MR) is 92.7 cm³/mol. The molecule has 1 aromatic heterocycles. The Kier molecular flexibility index (Phi) is 4.82. The molecule has 2 aromatic carbocycles. The molecule has 5 nitrogen and oxygen atoms in total. The van der Waals surface area contributed by atoms with Crippen LogP contribution in [-0.4, -0.2) is 16.8 Å². The maximum Gasteiger partial charge on any atom is 0.400 e. The fraction of sp³-hybridized carbons (Fsp3) is 0.125. The molecule has 3 rings (SSSR count). The molecule has 0 aliphatic heterocycles. The monoisotopic (exact) mass is 401 g/mol. The van der Waals surface area contributed by atoms with Crippen molar-refractivity contribution in [3.63, 3.8) is 0 Å². The fourth-order valence-electron chi connectivity index (χ4n) is 2.27. The molecule has 1 N–H and O–H groups in total. The van der Waals surface area contributed by atoms with Gasteiger partial charge in [0, 0.05) is 17.9 Å². The second-order valence-electron chi connectivity index (χ2n) is 5.49. The zero-order valence-corrected chi connectivity index (χ0v) is 14.9. The molecule has 0 fully saturated rings. The van der Waals surface area contributed by atoms with Gasteiger partial charge in [-0.15, -0.1) is 0 Å². The third-order valence-electron chi connectivity index (χ3n) is 3.45. The van der Waals surface area contributed by atoms with Gasteiger partial charge in [-0.25, -0.2) is 4.39 Å². The van der Waals surface area contributed by atoms with Crippen molar-refractivity contribution in [3.8, 4) is 11.4 Å². The van der Waals surface area contributed by atoms with E-state index in [0.29, 0.717) is 5.69 Å². The SMILES string of the molecule is CP(=O)(Nc1ccccc1)c1ccc(-c2noc(C(F)(F)Cl)n2)cc1F. The van der Waals surface area contributed by atoms with Crippen LogP contribution in [0.15, 0.2) is 53.1 Å². The Balaban J connectivity index is 1.90. The third kappa shape index (κ3) is 3.92. The number of nitrogens with one attached hydrogen (secondary N) is 1. The summed E-state index contributed by atoms with van der Waals surface area (Å²) in [5, 5.41) is 2.30. The number of benzene rings is 2. The highest BCUT2D eigenvalue weighted by molar-refractivity contribution is 7.72. The third-order valence-corrected chi connectivity index (χ3v) is 5.58. The highest BCUT2D eigenvalue weighted by Gasteiger charge is 2.36. The van der Waals surface area contributed by atoms with E-state index in [-0.39, 0.29) is 16.7 Å². The Bertz CT molecular complexity index is 976. The van der Waals surface area contributed by atoms with E-state index >= 15 is 0 Å². The lowest BCUT2D eigenvalue weighted by Crippen LogP contribution is -2.14. The summed E-state index contributed by atoms with van der Waals surface area (Å²) in [6.07, 6.45) is 0. The van der Waals surface area contributed by atoms with E-state index in [4.69, 9.17) is 11.6 Å². The average Bonchev–Trinajstić information content (AvgIpc) is 3.05. The van der Waals surface area contributed by atoms with Gasteiger partial charge in [-0.05, 0) is 35.9 Å². The van der Waals surface area contributed by atoms with Gasteiger partial charge in [0.2, 0.25) is 5.82 Å². The average molecular weight is 402 g/mol. The first-order valence-electron chi connectivity index (χ1n) is 7.29. The van der Waals surface area contributed by atoms with Gasteiger partial charge in [-0.3, -0.25) is 4.57 Å². The minimum Gasteiger partial charge on any atom is -0.333 e. The van der Waals surface area contributed by atoms with Gasteiger partial charge in [-0.2, -0.15) is 13.8 Å². The van der Waals surface area contributed by atoms with Crippen LogP contribution in [0.1, 0.15) is 5.89 Å². The summed E-state index contributed by atoms with van der Waals surface area (Å²) in [6.45, 7) is 1.39. The van der Waals surface area contributed by atoms with Gasteiger partial charge in [-0.1, -0.05) is 29.4 Å². The van der Waals surface area contributed by atoms with Crippen LogP contribution in [0.25, 0.3) is 11.4 Å². The predicted octanol–water partition coefficient (Wildman–Crippen LogP) is 4.81. The molecule has 136 valence electrons. The van der Waals surface area contributed by atoms with E-state index in [9.17, 15) is 17.7 Å². The number of anilines is 1. The van der Waals surface area contributed by atoms with E-state index in [2.05, 4.69) is 19.8 Å². The molecule has 0 bridgehead atoms. The first kappa shape index (κ1) is 18.5. The largest absolute Gasteiger partial charge is 0.400 e. The van der Waals surface area contributed by atoms with E-state index < -0.39 is 24.4 Å². The quantitative estimate of drug-likeness (QED) is 0.491. The second-order valence-corrected chi connectivity index (χ2v) is 8.52. The standard InChI is InChI=1S/C16H12ClF3N3O2P/c1-26(24,23-11-5-3-2-4-6-11)13-8-7-10(9-12(13)18)14-21-15(25-22-14)16(17,19)20/h2-9H,1H3,(H,23,24). The summed E-state index contributed by atoms with van der Waals surface area (Å²) in [6, 6.07) is 12.4. The van der Waals surface area contributed by atoms with Crippen molar-refractivity contribution in [1.82, 2.24) is 10.1 Å². The molecule has 1 heterocycles. The molecule has 3 aromatic rings. The lowest BCUT2D eigenvalue weighted by molar-refractivity contribution is 0.0551. The number of aromatic nitrogens is 2. The van der Waals surface area contributed by atoms with Crippen LogP contribution < -0.4 is 10.4 Å². The molecule has 0 aliphatic rings. The van der Waals surface area contributed by atoms with Crippen LogP contribution in [0.4, 0.5) is 18.9 Å². The van der Waals surface area contributed by atoms with Gasteiger partial charge in [0.05, 0.1) is 5.30 Å². The van der Waals surface area contributed by atoms with Crippen LogP contribution in [0.2, 0.25) is 0 Å². The number of rotatable bonds is 5. The highest BCUT2D eigenvalue weighted by atomic mass is 35.5. The van der Waals surface area contributed by atoms with Gasteiger partial charge >= 0.3 is 11.3 Å². The Labute approximate surface area is 151 Å². The van der Waals surface area contributed by atoms with Crippen molar-refractivity contribution >= 4 is 29.9 Å². The van der Waals surface area contributed by atoms with Gasteiger partial charge in [0.25, 0.3) is 0 Å². The normalized spacial score (nSPS) is 14.0. The molecule has 0 radical (unpaired) electrons. The summed E-state index contributed by atoms with van der Waals surface area (Å²) in [5.41, 5.74) is 0.663. The van der Waals surface area contributed by atoms with Gasteiger partial charge in [0.1, 0.15) is 5.82 Å². The zero-order chi connectivity index (χ0) is 18.9. The number of para-hydroxylation sites is 1. The Hall–Kier alpha value is -2.31. The minimum absolute atomic E-state index is 0.0449. The van der Waals surface area contributed by atoms with Crippen LogP contribution in [0, 0.1) is 5.82 Å².